The number of rotatable bonds is 2. The van der Waals surface area contributed by atoms with E-state index in [1.807, 2.05) is 0 Å². The molecule has 1 saturated carbocycles. The van der Waals surface area contributed by atoms with Crippen LogP contribution in [-0.4, -0.2) is 6.61 Å². The fraction of sp³-hybridized carbons (Fsp3) is 0.571. The second-order valence-corrected chi connectivity index (χ2v) is 6.65. The summed E-state index contributed by atoms with van der Waals surface area (Å²) in [5, 5.41) is 0. The van der Waals surface area contributed by atoms with Crippen molar-refractivity contribution in [2.75, 3.05) is 6.61 Å². The molecule has 2 heteroatoms. The van der Waals surface area contributed by atoms with Crippen LogP contribution >= 0.6 is 15.9 Å². The molecule has 86 valence electrons. The van der Waals surface area contributed by atoms with Gasteiger partial charge in [-0.05, 0) is 30.4 Å². The largest absolute Gasteiger partial charge is 0.492 e. The van der Waals surface area contributed by atoms with Crippen LogP contribution in [-0.2, 0) is 5.41 Å². The molecule has 0 aromatic heterocycles. The van der Waals surface area contributed by atoms with Crippen LogP contribution < -0.4 is 4.74 Å². The Morgan fingerprint density at radius 3 is 2.81 bits per heavy atom. The Hall–Kier alpha value is -0.500. The number of ether oxygens (including phenoxy) is 1. The van der Waals surface area contributed by atoms with Gasteiger partial charge in [0.05, 0.1) is 6.61 Å². The van der Waals surface area contributed by atoms with E-state index in [0.717, 1.165) is 18.3 Å². The van der Waals surface area contributed by atoms with Crippen molar-refractivity contribution in [1.82, 2.24) is 0 Å². The SMILES string of the molecule is CC1(C)COc2ccc(C(Br)C3CC3)cc21. The van der Waals surface area contributed by atoms with Crippen LogP contribution in [0.3, 0.4) is 0 Å². The second-order valence-electron chi connectivity index (χ2n) is 5.67. The average Bonchev–Trinajstić information content (AvgIpc) is 3.05. The molecular weight excluding hydrogens is 264 g/mol. The zero-order chi connectivity index (χ0) is 11.3. The van der Waals surface area contributed by atoms with Crippen molar-refractivity contribution in [3.05, 3.63) is 29.3 Å². The second kappa shape index (κ2) is 3.49. The molecule has 1 aliphatic heterocycles. The lowest BCUT2D eigenvalue weighted by molar-refractivity contribution is 0.291. The average molecular weight is 281 g/mol. The first-order valence-electron chi connectivity index (χ1n) is 5.99. The molecule has 1 fully saturated rings. The van der Waals surface area contributed by atoms with Crippen LogP contribution in [0.1, 0.15) is 42.6 Å². The molecule has 16 heavy (non-hydrogen) atoms. The van der Waals surface area contributed by atoms with E-state index in [1.54, 1.807) is 0 Å². The van der Waals surface area contributed by atoms with Crippen LogP contribution in [0.5, 0.6) is 5.75 Å². The normalized spacial score (nSPS) is 23.7. The van der Waals surface area contributed by atoms with E-state index < -0.39 is 0 Å². The zero-order valence-electron chi connectivity index (χ0n) is 9.79. The number of fused-ring (bicyclic) bond motifs is 1. The molecule has 1 nitrogen and oxygen atoms in total. The van der Waals surface area contributed by atoms with Gasteiger partial charge in [0.2, 0.25) is 0 Å². The molecule has 0 N–H and O–H groups in total. The van der Waals surface area contributed by atoms with Gasteiger partial charge in [-0.25, -0.2) is 0 Å². The Bertz CT molecular complexity index is 421. The summed E-state index contributed by atoms with van der Waals surface area (Å²) >= 11 is 3.82. The van der Waals surface area contributed by atoms with Gasteiger partial charge >= 0.3 is 0 Å². The highest BCUT2D eigenvalue weighted by Crippen LogP contribution is 2.48. The summed E-state index contributed by atoms with van der Waals surface area (Å²) in [4.78, 5) is 0.536. The molecule has 1 aromatic carbocycles. The van der Waals surface area contributed by atoms with E-state index in [-0.39, 0.29) is 5.41 Å². The Morgan fingerprint density at radius 2 is 2.12 bits per heavy atom. The minimum Gasteiger partial charge on any atom is -0.492 e. The lowest BCUT2D eigenvalue weighted by Crippen LogP contribution is -2.18. The van der Waals surface area contributed by atoms with Crippen LogP contribution in [0.2, 0.25) is 0 Å². The van der Waals surface area contributed by atoms with Gasteiger partial charge in [0.15, 0.2) is 0 Å². The van der Waals surface area contributed by atoms with Crippen LogP contribution in [0.25, 0.3) is 0 Å². The van der Waals surface area contributed by atoms with E-state index in [1.165, 1.54) is 24.0 Å². The van der Waals surface area contributed by atoms with Crippen LogP contribution in [0.4, 0.5) is 0 Å². The Morgan fingerprint density at radius 1 is 1.38 bits per heavy atom. The zero-order valence-corrected chi connectivity index (χ0v) is 11.4. The molecule has 1 aliphatic carbocycles. The third-order valence-electron chi connectivity index (χ3n) is 3.68. The lowest BCUT2D eigenvalue weighted by atomic mass is 9.85. The minimum atomic E-state index is 0.168. The minimum absolute atomic E-state index is 0.168. The van der Waals surface area contributed by atoms with Crippen molar-refractivity contribution in [2.45, 2.75) is 36.9 Å². The quantitative estimate of drug-likeness (QED) is 0.738. The predicted octanol–water partition coefficient (Wildman–Crippen LogP) is 4.20. The summed E-state index contributed by atoms with van der Waals surface area (Å²) in [6.45, 7) is 5.31. The molecular formula is C14H17BrO. The van der Waals surface area contributed by atoms with E-state index in [2.05, 4.69) is 48.0 Å². The van der Waals surface area contributed by atoms with Crippen molar-refractivity contribution in [2.24, 2.45) is 5.92 Å². The van der Waals surface area contributed by atoms with E-state index in [0.29, 0.717) is 4.83 Å². The highest BCUT2D eigenvalue weighted by atomic mass is 79.9. The molecule has 0 spiro atoms. The number of hydrogen-bond donors (Lipinski definition) is 0. The highest BCUT2D eigenvalue weighted by molar-refractivity contribution is 9.09. The Kier molecular flexibility index (Phi) is 2.32. The first kappa shape index (κ1) is 10.6. The fourth-order valence-electron chi connectivity index (χ4n) is 2.37. The molecule has 0 amide bonds. The number of benzene rings is 1. The first-order chi connectivity index (χ1) is 7.58. The monoisotopic (exact) mass is 280 g/mol. The van der Waals surface area contributed by atoms with Gasteiger partial charge in [-0.15, -0.1) is 0 Å². The van der Waals surface area contributed by atoms with Gasteiger partial charge in [0.1, 0.15) is 5.75 Å². The lowest BCUT2D eigenvalue weighted by Gasteiger charge is -2.17. The molecule has 1 heterocycles. The van der Waals surface area contributed by atoms with Crippen molar-refractivity contribution in [3.8, 4) is 5.75 Å². The smallest absolute Gasteiger partial charge is 0.123 e. The summed E-state index contributed by atoms with van der Waals surface area (Å²) in [7, 11) is 0. The molecule has 0 bridgehead atoms. The van der Waals surface area contributed by atoms with E-state index in [4.69, 9.17) is 4.74 Å². The highest BCUT2D eigenvalue weighted by Gasteiger charge is 2.35. The van der Waals surface area contributed by atoms with Gasteiger partial charge in [-0.3, -0.25) is 0 Å². The standard InChI is InChI=1S/C14H17BrO/c1-14(2)8-16-12-6-5-10(7-11(12)14)13(15)9-3-4-9/h5-7,9,13H,3-4,8H2,1-2H3. The molecule has 1 unspecified atom stereocenters. The van der Waals surface area contributed by atoms with Crippen LogP contribution in [0.15, 0.2) is 18.2 Å². The van der Waals surface area contributed by atoms with Gasteiger partial charge in [0, 0.05) is 15.8 Å². The molecule has 2 aliphatic rings. The molecule has 0 saturated heterocycles. The van der Waals surface area contributed by atoms with E-state index in [9.17, 15) is 0 Å². The van der Waals surface area contributed by atoms with Gasteiger partial charge in [-0.2, -0.15) is 0 Å². The molecule has 1 atom stereocenters. The third-order valence-corrected chi connectivity index (χ3v) is 4.95. The van der Waals surface area contributed by atoms with Gasteiger partial charge < -0.3 is 4.74 Å². The van der Waals surface area contributed by atoms with Crippen molar-refractivity contribution < 1.29 is 4.74 Å². The van der Waals surface area contributed by atoms with Crippen molar-refractivity contribution in [3.63, 3.8) is 0 Å². The molecule has 0 radical (unpaired) electrons. The first-order valence-corrected chi connectivity index (χ1v) is 6.91. The summed E-state index contributed by atoms with van der Waals surface area (Å²) in [6, 6.07) is 6.67. The number of alkyl halides is 1. The maximum Gasteiger partial charge on any atom is 0.123 e. The molecule has 1 aromatic rings. The van der Waals surface area contributed by atoms with Crippen molar-refractivity contribution >= 4 is 15.9 Å². The molecule has 3 rings (SSSR count). The summed E-state index contributed by atoms with van der Waals surface area (Å²) in [6.07, 6.45) is 2.74. The predicted molar refractivity (Wildman–Crippen MR) is 69.4 cm³/mol. The van der Waals surface area contributed by atoms with E-state index >= 15 is 0 Å². The summed E-state index contributed by atoms with van der Waals surface area (Å²) < 4.78 is 5.71. The van der Waals surface area contributed by atoms with Crippen LogP contribution in [0, 0.1) is 5.92 Å². The summed E-state index contributed by atoms with van der Waals surface area (Å²) in [5.74, 6) is 1.92. The summed E-state index contributed by atoms with van der Waals surface area (Å²) in [5.41, 5.74) is 2.96. The third kappa shape index (κ3) is 1.67. The Balaban J connectivity index is 1.98. The van der Waals surface area contributed by atoms with Gasteiger partial charge in [0.25, 0.3) is 0 Å². The fourth-order valence-corrected chi connectivity index (χ4v) is 3.18. The van der Waals surface area contributed by atoms with Gasteiger partial charge in [-0.1, -0.05) is 41.9 Å². The maximum absolute atomic E-state index is 5.71. The Labute approximate surface area is 105 Å². The van der Waals surface area contributed by atoms with Crippen molar-refractivity contribution in [1.29, 1.82) is 0 Å². The number of hydrogen-bond acceptors (Lipinski definition) is 1. The maximum atomic E-state index is 5.71. The number of halogens is 1. The topological polar surface area (TPSA) is 9.23 Å².